The van der Waals surface area contributed by atoms with Gasteiger partial charge in [-0.15, -0.1) is 0 Å². The van der Waals surface area contributed by atoms with Crippen molar-refractivity contribution in [3.63, 3.8) is 0 Å². The molecule has 2 aromatic rings. The van der Waals surface area contributed by atoms with Crippen LogP contribution in [-0.2, 0) is 0 Å². The van der Waals surface area contributed by atoms with E-state index in [1.807, 2.05) is 24.4 Å². The van der Waals surface area contributed by atoms with Crippen LogP contribution in [0.2, 0.25) is 0 Å². The predicted molar refractivity (Wildman–Crippen MR) is 61.4 cm³/mol. The van der Waals surface area contributed by atoms with Crippen LogP contribution in [0, 0.1) is 5.92 Å². The Morgan fingerprint density at radius 3 is 2.87 bits per heavy atom. The van der Waals surface area contributed by atoms with Gasteiger partial charge in [-0.3, -0.25) is 4.98 Å². The molecule has 1 atom stereocenters. The maximum Gasteiger partial charge on any atom is 0.0702 e. The van der Waals surface area contributed by atoms with Crippen molar-refractivity contribution in [2.24, 2.45) is 11.7 Å². The van der Waals surface area contributed by atoms with Crippen molar-refractivity contribution in [1.82, 2.24) is 4.98 Å². The summed E-state index contributed by atoms with van der Waals surface area (Å²) in [6.07, 6.45) is 4.47. The molecular weight excluding hydrogens is 184 g/mol. The predicted octanol–water partition coefficient (Wildman–Crippen LogP) is 2.64. The second-order valence-corrected chi connectivity index (χ2v) is 4.32. The Balaban J connectivity index is 2.05. The number of rotatable bonds is 2. The lowest BCUT2D eigenvalue weighted by atomic mass is 10.0. The van der Waals surface area contributed by atoms with Crippen LogP contribution < -0.4 is 5.73 Å². The lowest BCUT2D eigenvalue weighted by Crippen LogP contribution is -2.12. The highest BCUT2D eigenvalue weighted by molar-refractivity contribution is 5.78. The van der Waals surface area contributed by atoms with Crippen LogP contribution in [0.1, 0.15) is 24.4 Å². The summed E-state index contributed by atoms with van der Waals surface area (Å²) in [4.78, 5) is 4.43. The molecule has 1 heterocycles. The van der Waals surface area contributed by atoms with Gasteiger partial charge in [0.05, 0.1) is 5.52 Å². The molecule has 0 unspecified atom stereocenters. The molecule has 2 heteroatoms. The van der Waals surface area contributed by atoms with E-state index >= 15 is 0 Å². The molecule has 1 saturated carbocycles. The van der Waals surface area contributed by atoms with E-state index in [1.54, 1.807) is 0 Å². The monoisotopic (exact) mass is 198 g/mol. The number of nitrogens with zero attached hydrogens (tertiary/aromatic N) is 1. The molecule has 15 heavy (non-hydrogen) atoms. The normalized spacial score (nSPS) is 17.9. The second-order valence-electron chi connectivity index (χ2n) is 4.32. The number of benzene rings is 1. The number of nitrogens with two attached hydrogens (primary N) is 1. The van der Waals surface area contributed by atoms with E-state index in [9.17, 15) is 0 Å². The fraction of sp³-hybridized carbons (Fsp3) is 0.308. The molecule has 1 fully saturated rings. The largest absolute Gasteiger partial charge is 0.324 e. The molecule has 0 bridgehead atoms. The summed E-state index contributed by atoms with van der Waals surface area (Å²) >= 11 is 0. The van der Waals surface area contributed by atoms with Crippen LogP contribution in [0.5, 0.6) is 0 Å². The third-order valence-corrected chi connectivity index (χ3v) is 3.13. The third kappa shape index (κ3) is 1.61. The standard InChI is InChI=1S/C13H14N2/c14-13(9-5-6-9)11-7-10-3-1-2-4-12(10)15-8-11/h1-4,7-9,13H,5-6,14H2/t13-/m0/s1. The fourth-order valence-electron chi connectivity index (χ4n) is 2.00. The molecule has 1 aromatic carbocycles. The molecule has 0 spiro atoms. The Morgan fingerprint density at radius 1 is 1.27 bits per heavy atom. The molecule has 1 aliphatic carbocycles. The van der Waals surface area contributed by atoms with Crippen molar-refractivity contribution in [2.45, 2.75) is 18.9 Å². The molecule has 0 aliphatic heterocycles. The molecule has 1 aliphatic rings. The van der Waals surface area contributed by atoms with Crippen molar-refractivity contribution < 1.29 is 0 Å². The maximum absolute atomic E-state index is 6.15. The number of hydrogen-bond donors (Lipinski definition) is 1. The van der Waals surface area contributed by atoms with Crippen molar-refractivity contribution >= 4 is 10.9 Å². The van der Waals surface area contributed by atoms with Crippen LogP contribution in [0.4, 0.5) is 0 Å². The fourth-order valence-corrected chi connectivity index (χ4v) is 2.00. The highest BCUT2D eigenvalue weighted by Crippen LogP contribution is 2.39. The first kappa shape index (κ1) is 8.86. The lowest BCUT2D eigenvalue weighted by molar-refractivity contribution is 0.632. The zero-order valence-corrected chi connectivity index (χ0v) is 8.56. The summed E-state index contributed by atoms with van der Waals surface area (Å²) < 4.78 is 0. The minimum atomic E-state index is 0.183. The van der Waals surface area contributed by atoms with Crippen LogP contribution in [0.25, 0.3) is 10.9 Å². The summed E-state index contributed by atoms with van der Waals surface area (Å²) in [5, 5.41) is 1.19. The van der Waals surface area contributed by atoms with E-state index in [4.69, 9.17) is 5.73 Å². The van der Waals surface area contributed by atoms with E-state index in [0.29, 0.717) is 5.92 Å². The van der Waals surface area contributed by atoms with E-state index in [0.717, 1.165) is 5.52 Å². The minimum absolute atomic E-state index is 0.183. The zero-order valence-electron chi connectivity index (χ0n) is 8.56. The minimum Gasteiger partial charge on any atom is -0.324 e. The van der Waals surface area contributed by atoms with Crippen molar-refractivity contribution in [1.29, 1.82) is 0 Å². The average molecular weight is 198 g/mol. The van der Waals surface area contributed by atoms with Crippen LogP contribution >= 0.6 is 0 Å². The molecule has 3 rings (SSSR count). The molecule has 2 nitrogen and oxygen atoms in total. The Morgan fingerprint density at radius 2 is 2.07 bits per heavy atom. The first-order valence-corrected chi connectivity index (χ1v) is 5.45. The van der Waals surface area contributed by atoms with E-state index in [2.05, 4.69) is 17.1 Å². The van der Waals surface area contributed by atoms with Gasteiger partial charge in [-0.05, 0) is 36.5 Å². The summed E-state index contributed by atoms with van der Waals surface area (Å²) in [5.41, 5.74) is 8.37. The summed E-state index contributed by atoms with van der Waals surface area (Å²) in [6, 6.07) is 10.5. The van der Waals surface area contributed by atoms with E-state index < -0.39 is 0 Å². The molecule has 76 valence electrons. The van der Waals surface area contributed by atoms with Gasteiger partial charge in [0.1, 0.15) is 0 Å². The van der Waals surface area contributed by atoms with Crippen LogP contribution in [0.15, 0.2) is 36.5 Å². The van der Waals surface area contributed by atoms with Gasteiger partial charge in [-0.2, -0.15) is 0 Å². The Bertz CT molecular complexity index is 489. The van der Waals surface area contributed by atoms with Gasteiger partial charge in [-0.25, -0.2) is 0 Å². The topological polar surface area (TPSA) is 38.9 Å². The van der Waals surface area contributed by atoms with Gasteiger partial charge >= 0.3 is 0 Å². The molecule has 2 N–H and O–H groups in total. The quantitative estimate of drug-likeness (QED) is 0.805. The summed E-state index contributed by atoms with van der Waals surface area (Å²) in [6.45, 7) is 0. The number of fused-ring (bicyclic) bond motifs is 1. The maximum atomic E-state index is 6.15. The highest BCUT2D eigenvalue weighted by Gasteiger charge is 2.29. The van der Waals surface area contributed by atoms with Gasteiger partial charge in [0.2, 0.25) is 0 Å². The highest BCUT2D eigenvalue weighted by atomic mass is 14.7. The second kappa shape index (κ2) is 3.31. The van der Waals surface area contributed by atoms with Crippen molar-refractivity contribution in [2.75, 3.05) is 0 Å². The van der Waals surface area contributed by atoms with Gasteiger partial charge in [0, 0.05) is 17.6 Å². The van der Waals surface area contributed by atoms with Crippen LogP contribution in [0.3, 0.4) is 0 Å². The SMILES string of the molecule is N[C@H](c1cnc2ccccc2c1)C1CC1. The van der Waals surface area contributed by atoms with Crippen LogP contribution in [-0.4, -0.2) is 4.98 Å². The smallest absolute Gasteiger partial charge is 0.0702 e. The molecule has 0 radical (unpaired) electrons. The Labute approximate surface area is 89.1 Å². The molecule has 0 amide bonds. The van der Waals surface area contributed by atoms with Gasteiger partial charge < -0.3 is 5.73 Å². The molecule has 0 saturated heterocycles. The third-order valence-electron chi connectivity index (χ3n) is 3.13. The Hall–Kier alpha value is -1.41. The number of aromatic nitrogens is 1. The van der Waals surface area contributed by atoms with Gasteiger partial charge in [-0.1, -0.05) is 18.2 Å². The molecular formula is C13H14N2. The van der Waals surface area contributed by atoms with Gasteiger partial charge in [0.25, 0.3) is 0 Å². The number of para-hydroxylation sites is 1. The summed E-state index contributed by atoms with van der Waals surface area (Å²) in [7, 11) is 0. The average Bonchev–Trinajstić information content (AvgIpc) is 3.11. The molecule has 1 aromatic heterocycles. The van der Waals surface area contributed by atoms with E-state index in [-0.39, 0.29) is 6.04 Å². The first-order chi connectivity index (χ1) is 7.34. The van der Waals surface area contributed by atoms with Gasteiger partial charge in [0.15, 0.2) is 0 Å². The lowest BCUT2D eigenvalue weighted by Gasteiger charge is -2.10. The van der Waals surface area contributed by atoms with Crippen molar-refractivity contribution in [3.8, 4) is 0 Å². The number of pyridine rings is 1. The summed E-state index contributed by atoms with van der Waals surface area (Å²) in [5.74, 6) is 0.688. The zero-order chi connectivity index (χ0) is 10.3. The van der Waals surface area contributed by atoms with Crippen molar-refractivity contribution in [3.05, 3.63) is 42.1 Å². The first-order valence-electron chi connectivity index (χ1n) is 5.45. The van der Waals surface area contributed by atoms with E-state index in [1.165, 1.54) is 23.8 Å². The Kier molecular flexibility index (Phi) is 1.96. The number of hydrogen-bond acceptors (Lipinski definition) is 2.